The van der Waals surface area contributed by atoms with Crippen LogP contribution in [0.5, 0.6) is 0 Å². The maximum absolute atomic E-state index is 11.5. The van der Waals surface area contributed by atoms with Gasteiger partial charge in [0.05, 0.1) is 132 Å². The number of hydrogen-bond acceptors (Lipinski definition) is 15. The first kappa shape index (κ1) is 38.2. The number of amides is 1. The Bertz CT molecular complexity index is 631. The summed E-state index contributed by atoms with van der Waals surface area (Å²) in [6.07, 6.45) is -1.77. The molecule has 1 unspecified atom stereocenters. The SMILES string of the molecule is CN1CC(COC(=O)OCCOCCOCCOCCOCCOCCOCCOCCOCCOCCO)OC1=O. The molecule has 1 aliphatic rings. The minimum atomic E-state index is -0.838. The van der Waals surface area contributed by atoms with E-state index in [2.05, 4.69) is 0 Å². The van der Waals surface area contributed by atoms with E-state index in [9.17, 15) is 9.59 Å². The van der Waals surface area contributed by atoms with Crippen molar-refractivity contribution in [1.82, 2.24) is 4.90 Å². The molecular formula is C26H49NO15. The quantitative estimate of drug-likeness (QED) is 0.0799. The van der Waals surface area contributed by atoms with Crippen LogP contribution in [0.15, 0.2) is 0 Å². The molecule has 0 aromatic carbocycles. The third-order valence-electron chi connectivity index (χ3n) is 5.10. The minimum absolute atomic E-state index is 0.0167. The van der Waals surface area contributed by atoms with E-state index in [0.717, 1.165) is 0 Å². The van der Waals surface area contributed by atoms with Crippen molar-refractivity contribution >= 4 is 12.2 Å². The van der Waals surface area contributed by atoms with Crippen molar-refractivity contribution in [3.8, 4) is 0 Å². The van der Waals surface area contributed by atoms with Crippen molar-refractivity contribution in [2.45, 2.75) is 6.10 Å². The zero-order valence-corrected chi connectivity index (χ0v) is 24.7. The fraction of sp³-hybridized carbons (Fsp3) is 0.923. The van der Waals surface area contributed by atoms with Gasteiger partial charge in [0.15, 0.2) is 6.10 Å². The van der Waals surface area contributed by atoms with Crippen LogP contribution in [0.25, 0.3) is 0 Å². The molecule has 16 heteroatoms. The van der Waals surface area contributed by atoms with Crippen LogP contribution in [0.3, 0.4) is 0 Å². The van der Waals surface area contributed by atoms with Gasteiger partial charge in [-0.3, -0.25) is 0 Å². The highest BCUT2D eigenvalue weighted by Crippen LogP contribution is 2.09. The normalized spacial score (nSPS) is 14.9. The molecule has 0 aromatic heterocycles. The second-order valence-corrected chi connectivity index (χ2v) is 8.53. The van der Waals surface area contributed by atoms with Gasteiger partial charge in [-0.1, -0.05) is 0 Å². The van der Waals surface area contributed by atoms with E-state index in [1.54, 1.807) is 7.05 Å². The predicted octanol–water partition coefficient (Wildman–Crippen LogP) is -0.268. The average molecular weight is 616 g/mol. The largest absolute Gasteiger partial charge is 0.508 e. The van der Waals surface area contributed by atoms with E-state index in [0.29, 0.717) is 119 Å². The number of aliphatic hydroxyl groups is 1. The minimum Gasteiger partial charge on any atom is -0.441 e. The summed E-state index contributed by atoms with van der Waals surface area (Å²) in [5.41, 5.74) is 0. The Labute approximate surface area is 247 Å². The molecule has 1 heterocycles. The lowest BCUT2D eigenvalue weighted by atomic mass is 10.4. The van der Waals surface area contributed by atoms with Crippen LogP contribution in [0.4, 0.5) is 9.59 Å². The average Bonchev–Trinajstić information content (AvgIpc) is 3.31. The van der Waals surface area contributed by atoms with Crippen LogP contribution < -0.4 is 0 Å². The summed E-state index contributed by atoms with van der Waals surface area (Å²) in [6, 6.07) is 0. The zero-order valence-electron chi connectivity index (χ0n) is 24.7. The first-order valence-corrected chi connectivity index (χ1v) is 14.1. The van der Waals surface area contributed by atoms with Gasteiger partial charge in [0, 0.05) is 7.05 Å². The van der Waals surface area contributed by atoms with Gasteiger partial charge < -0.3 is 66.8 Å². The number of hydrogen-bond donors (Lipinski definition) is 1. The van der Waals surface area contributed by atoms with Crippen LogP contribution in [-0.4, -0.2) is 181 Å². The number of carbonyl (C=O) groups is 2. The predicted molar refractivity (Wildman–Crippen MR) is 145 cm³/mol. The molecule has 42 heavy (non-hydrogen) atoms. The highest BCUT2D eigenvalue weighted by Gasteiger charge is 2.29. The van der Waals surface area contributed by atoms with Gasteiger partial charge in [0.25, 0.3) is 0 Å². The summed E-state index contributed by atoms with van der Waals surface area (Å²) in [5, 5.41) is 8.56. The molecule has 16 nitrogen and oxygen atoms in total. The summed E-state index contributed by atoms with van der Waals surface area (Å²) in [6.45, 7) is 8.25. The monoisotopic (exact) mass is 615 g/mol. The van der Waals surface area contributed by atoms with E-state index >= 15 is 0 Å². The van der Waals surface area contributed by atoms with E-state index in [4.69, 9.17) is 61.9 Å². The van der Waals surface area contributed by atoms with Crippen LogP contribution in [0.2, 0.25) is 0 Å². The van der Waals surface area contributed by atoms with Gasteiger partial charge in [-0.25, -0.2) is 9.59 Å². The Hall–Kier alpha value is -1.86. The van der Waals surface area contributed by atoms with Crippen molar-refractivity contribution in [2.24, 2.45) is 0 Å². The highest BCUT2D eigenvalue weighted by atomic mass is 16.7. The van der Waals surface area contributed by atoms with E-state index < -0.39 is 18.4 Å². The molecule has 1 aliphatic heterocycles. The molecule has 1 fully saturated rings. The van der Waals surface area contributed by atoms with Crippen LogP contribution in [-0.2, 0) is 56.8 Å². The number of nitrogens with zero attached hydrogens (tertiary/aromatic N) is 1. The lowest BCUT2D eigenvalue weighted by Crippen LogP contribution is -2.24. The standard InChI is InChI=1S/C26H49NO15/c1-27-22-24(42-25(27)29)23-41-26(30)40-21-20-39-19-18-38-17-16-37-15-14-36-13-12-35-11-10-34-9-8-33-7-6-32-5-4-31-3-2-28/h24,28H,2-23H2,1H3. The van der Waals surface area contributed by atoms with Crippen molar-refractivity contribution < 1.29 is 71.5 Å². The molecule has 248 valence electrons. The van der Waals surface area contributed by atoms with E-state index in [1.807, 2.05) is 0 Å². The number of likely N-dealkylation sites (N-methyl/N-ethyl adjacent to an activating group) is 1. The second-order valence-electron chi connectivity index (χ2n) is 8.53. The third kappa shape index (κ3) is 24.7. The summed E-state index contributed by atoms with van der Waals surface area (Å²) >= 11 is 0. The van der Waals surface area contributed by atoms with E-state index in [1.165, 1.54) is 4.90 Å². The van der Waals surface area contributed by atoms with Gasteiger partial charge in [-0.15, -0.1) is 0 Å². The molecule has 0 radical (unpaired) electrons. The Balaban J connectivity index is 1.66. The summed E-state index contributed by atoms with van der Waals surface area (Å²) in [4.78, 5) is 24.1. The van der Waals surface area contributed by atoms with Crippen molar-refractivity contribution in [2.75, 3.05) is 152 Å². The molecule has 1 atom stereocenters. The highest BCUT2D eigenvalue weighted by molar-refractivity contribution is 5.69. The lowest BCUT2D eigenvalue weighted by Gasteiger charge is -2.10. The fourth-order valence-electron chi connectivity index (χ4n) is 3.05. The van der Waals surface area contributed by atoms with Gasteiger partial charge >= 0.3 is 12.2 Å². The third-order valence-corrected chi connectivity index (χ3v) is 5.10. The van der Waals surface area contributed by atoms with Gasteiger partial charge in [0.2, 0.25) is 0 Å². The Kier molecular flexibility index (Phi) is 26.6. The molecule has 0 spiro atoms. The molecule has 0 bridgehead atoms. The first-order valence-electron chi connectivity index (χ1n) is 14.1. The van der Waals surface area contributed by atoms with Gasteiger partial charge in [0.1, 0.15) is 13.2 Å². The smallest absolute Gasteiger partial charge is 0.441 e. The molecule has 0 saturated carbocycles. The molecular weight excluding hydrogens is 566 g/mol. The molecule has 1 rings (SSSR count). The van der Waals surface area contributed by atoms with Crippen LogP contribution >= 0.6 is 0 Å². The molecule has 1 amide bonds. The zero-order chi connectivity index (χ0) is 30.4. The van der Waals surface area contributed by atoms with Crippen LogP contribution in [0.1, 0.15) is 0 Å². The number of carbonyl (C=O) groups excluding carboxylic acids is 2. The summed E-state index contributed by atoms with van der Waals surface area (Å²) in [7, 11) is 1.60. The maximum atomic E-state index is 11.5. The van der Waals surface area contributed by atoms with Crippen molar-refractivity contribution in [3.63, 3.8) is 0 Å². The van der Waals surface area contributed by atoms with Crippen molar-refractivity contribution in [3.05, 3.63) is 0 Å². The Morgan fingerprint density at radius 2 is 0.952 bits per heavy atom. The maximum Gasteiger partial charge on any atom is 0.508 e. The molecule has 0 aromatic rings. The Morgan fingerprint density at radius 1 is 0.619 bits per heavy atom. The van der Waals surface area contributed by atoms with Crippen LogP contribution in [0, 0.1) is 0 Å². The van der Waals surface area contributed by atoms with Gasteiger partial charge in [-0.05, 0) is 0 Å². The number of ether oxygens (including phenoxy) is 12. The number of cyclic esters (lactones) is 1. The molecule has 1 N–H and O–H groups in total. The van der Waals surface area contributed by atoms with E-state index in [-0.39, 0.29) is 26.4 Å². The summed E-state index contributed by atoms with van der Waals surface area (Å²) < 4.78 is 62.9. The fourth-order valence-corrected chi connectivity index (χ4v) is 3.05. The van der Waals surface area contributed by atoms with Crippen molar-refractivity contribution in [1.29, 1.82) is 0 Å². The number of rotatable bonds is 31. The topological polar surface area (TPSA) is 168 Å². The molecule has 0 aliphatic carbocycles. The van der Waals surface area contributed by atoms with Gasteiger partial charge in [-0.2, -0.15) is 0 Å². The lowest BCUT2D eigenvalue weighted by molar-refractivity contribution is -0.0271. The molecule has 1 saturated heterocycles. The number of aliphatic hydroxyl groups excluding tert-OH is 1. The second kappa shape index (κ2) is 29.2. The first-order chi connectivity index (χ1) is 20.6. The Morgan fingerprint density at radius 3 is 1.26 bits per heavy atom. The summed E-state index contributed by atoms with van der Waals surface area (Å²) in [5.74, 6) is 0.